The second-order valence-electron chi connectivity index (χ2n) is 10.9. The summed E-state index contributed by atoms with van der Waals surface area (Å²) in [4.78, 5) is 31.6. The smallest absolute Gasteiger partial charge is 0.439 e. The zero-order valence-corrected chi connectivity index (χ0v) is 21.7. The van der Waals surface area contributed by atoms with Crippen molar-refractivity contribution in [2.75, 3.05) is 19.6 Å². The standard InChI is InChI=1S/C25H42F3N5O3/c1-16-13-31(14-17(2)33(16)18(3)34)24(35)32(21-7-5-4-6-8-21)15-19-9-11-20(12-10-19)22(29)36-23(30)25(26,27)28/h16-17,19-21,23,29H,4-15,30H2,1-3H3/t16-,17+,19?,20?,23?. The van der Waals surface area contributed by atoms with Gasteiger partial charge in [0.1, 0.15) is 0 Å². The van der Waals surface area contributed by atoms with E-state index in [1.165, 1.54) is 6.42 Å². The molecule has 0 bridgehead atoms. The van der Waals surface area contributed by atoms with E-state index in [0.717, 1.165) is 38.5 Å². The minimum Gasteiger partial charge on any atom is -0.453 e. The van der Waals surface area contributed by atoms with Crippen LogP contribution in [0.4, 0.5) is 18.0 Å². The van der Waals surface area contributed by atoms with E-state index >= 15 is 0 Å². The molecule has 0 aromatic heterocycles. The second-order valence-corrected chi connectivity index (χ2v) is 10.9. The maximum atomic E-state index is 13.8. The highest BCUT2D eigenvalue weighted by Gasteiger charge is 2.41. The van der Waals surface area contributed by atoms with Crippen LogP contribution in [0.3, 0.4) is 0 Å². The quantitative estimate of drug-likeness (QED) is 0.322. The third-order valence-corrected chi connectivity index (χ3v) is 8.06. The molecule has 2 aliphatic carbocycles. The van der Waals surface area contributed by atoms with Crippen LogP contribution in [-0.2, 0) is 9.53 Å². The molecule has 3 aliphatic rings. The van der Waals surface area contributed by atoms with Gasteiger partial charge in [0.25, 0.3) is 0 Å². The first-order valence-electron chi connectivity index (χ1n) is 13.3. The van der Waals surface area contributed by atoms with E-state index in [0.29, 0.717) is 32.5 Å². The molecular weight excluding hydrogens is 475 g/mol. The van der Waals surface area contributed by atoms with Crippen LogP contribution in [0.5, 0.6) is 0 Å². The van der Waals surface area contributed by atoms with Crippen molar-refractivity contribution in [1.82, 2.24) is 14.7 Å². The molecule has 3 atom stereocenters. The predicted molar refractivity (Wildman–Crippen MR) is 130 cm³/mol. The molecule has 1 saturated heterocycles. The van der Waals surface area contributed by atoms with E-state index in [2.05, 4.69) is 4.74 Å². The summed E-state index contributed by atoms with van der Waals surface area (Å²) >= 11 is 0. The van der Waals surface area contributed by atoms with Crippen molar-refractivity contribution in [2.45, 2.75) is 109 Å². The molecular formula is C25H42F3N5O3. The van der Waals surface area contributed by atoms with Crippen molar-refractivity contribution in [3.8, 4) is 0 Å². The van der Waals surface area contributed by atoms with E-state index in [1.807, 2.05) is 28.5 Å². The van der Waals surface area contributed by atoms with E-state index in [9.17, 15) is 22.8 Å². The monoisotopic (exact) mass is 517 g/mol. The van der Waals surface area contributed by atoms with Crippen molar-refractivity contribution >= 4 is 17.8 Å². The average molecular weight is 518 g/mol. The van der Waals surface area contributed by atoms with E-state index in [4.69, 9.17) is 11.1 Å². The Morgan fingerprint density at radius 2 is 1.58 bits per heavy atom. The van der Waals surface area contributed by atoms with Crippen LogP contribution in [0.15, 0.2) is 0 Å². The number of amides is 3. The molecule has 1 unspecified atom stereocenters. The first-order chi connectivity index (χ1) is 16.9. The number of halogens is 3. The van der Waals surface area contributed by atoms with Gasteiger partial charge in [0.05, 0.1) is 0 Å². The molecule has 1 heterocycles. The van der Waals surface area contributed by atoms with E-state index in [1.54, 1.807) is 6.92 Å². The van der Waals surface area contributed by atoms with Crippen molar-refractivity contribution < 1.29 is 27.5 Å². The zero-order valence-electron chi connectivity index (χ0n) is 21.7. The highest BCUT2D eigenvalue weighted by atomic mass is 19.4. The van der Waals surface area contributed by atoms with Crippen LogP contribution >= 0.6 is 0 Å². The van der Waals surface area contributed by atoms with Gasteiger partial charge in [0.15, 0.2) is 5.90 Å². The lowest BCUT2D eigenvalue weighted by Crippen LogP contribution is -2.62. The van der Waals surface area contributed by atoms with Gasteiger partial charge in [-0.2, -0.15) is 13.2 Å². The third-order valence-electron chi connectivity index (χ3n) is 8.06. The van der Waals surface area contributed by atoms with Crippen molar-refractivity contribution in [1.29, 1.82) is 5.41 Å². The number of nitrogens with zero attached hydrogens (tertiary/aromatic N) is 3. The average Bonchev–Trinajstić information content (AvgIpc) is 2.81. The van der Waals surface area contributed by atoms with Crippen molar-refractivity contribution in [2.24, 2.45) is 17.6 Å². The summed E-state index contributed by atoms with van der Waals surface area (Å²) < 4.78 is 42.7. The number of urea groups is 1. The topological polar surface area (TPSA) is 103 Å². The van der Waals surface area contributed by atoms with Crippen molar-refractivity contribution in [3.05, 3.63) is 0 Å². The van der Waals surface area contributed by atoms with Crippen LogP contribution in [0.1, 0.15) is 78.6 Å². The summed E-state index contributed by atoms with van der Waals surface area (Å²) in [6.45, 7) is 7.15. The Morgan fingerprint density at radius 3 is 2.08 bits per heavy atom. The van der Waals surface area contributed by atoms with Gasteiger partial charge in [-0.05, 0) is 58.3 Å². The van der Waals surface area contributed by atoms with Gasteiger partial charge in [0.2, 0.25) is 12.1 Å². The Bertz CT molecular complexity index is 769. The Labute approximate surface area is 212 Å². The zero-order chi connectivity index (χ0) is 26.6. The van der Waals surface area contributed by atoms with E-state index < -0.39 is 18.3 Å². The number of ether oxygens (including phenoxy) is 1. The fraction of sp³-hybridized carbons (Fsp3) is 0.880. The summed E-state index contributed by atoms with van der Waals surface area (Å²) in [5.74, 6) is -0.530. The molecule has 2 saturated carbocycles. The van der Waals surface area contributed by atoms with Crippen LogP contribution < -0.4 is 5.73 Å². The van der Waals surface area contributed by atoms with Crippen LogP contribution in [-0.4, -0.2) is 82.7 Å². The third kappa shape index (κ3) is 7.04. The SMILES string of the molecule is CC(=O)N1[C@H](C)CN(C(=O)N(CC2CCC(C(=N)OC(N)C(F)(F)F)CC2)C2CCCCC2)C[C@@H]1C. The molecule has 1 aliphatic heterocycles. The molecule has 0 aromatic carbocycles. The Balaban J connectivity index is 1.62. The lowest BCUT2D eigenvalue weighted by atomic mass is 9.81. The fourth-order valence-electron chi connectivity index (χ4n) is 6.24. The molecule has 0 radical (unpaired) electrons. The summed E-state index contributed by atoms with van der Waals surface area (Å²) in [7, 11) is 0. The Hall–Kier alpha value is -2.04. The number of carbonyl (C=O) groups is 2. The lowest BCUT2D eigenvalue weighted by molar-refractivity contribution is -0.198. The molecule has 0 aromatic rings. The molecule has 3 amide bonds. The minimum absolute atomic E-state index is 0.0220. The molecule has 8 nitrogen and oxygen atoms in total. The fourth-order valence-corrected chi connectivity index (χ4v) is 6.24. The first-order valence-corrected chi connectivity index (χ1v) is 13.3. The summed E-state index contributed by atoms with van der Waals surface area (Å²) in [6, 6.07) is 0.117. The maximum absolute atomic E-state index is 13.8. The number of hydrogen-bond acceptors (Lipinski definition) is 5. The van der Waals surface area contributed by atoms with Crippen LogP contribution in [0.2, 0.25) is 0 Å². The number of nitrogens with two attached hydrogens (primary N) is 1. The summed E-state index contributed by atoms with van der Waals surface area (Å²) in [5.41, 5.74) is 5.02. The second kappa shape index (κ2) is 12.0. The summed E-state index contributed by atoms with van der Waals surface area (Å²) in [6.07, 6.45) is 0.694. The number of alkyl halides is 3. The number of nitrogens with one attached hydrogen (secondary N) is 1. The molecule has 206 valence electrons. The molecule has 3 rings (SSSR count). The minimum atomic E-state index is -4.70. The number of hydrogen-bond donors (Lipinski definition) is 2. The molecule has 0 spiro atoms. The van der Waals surface area contributed by atoms with Gasteiger partial charge < -0.3 is 19.4 Å². The lowest BCUT2D eigenvalue weighted by Gasteiger charge is -2.47. The van der Waals surface area contributed by atoms with Gasteiger partial charge in [-0.3, -0.25) is 15.9 Å². The van der Waals surface area contributed by atoms with Crippen LogP contribution in [0.25, 0.3) is 0 Å². The highest BCUT2D eigenvalue weighted by molar-refractivity contribution is 5.77. The number of rotatable bonds is 5. The van der Waals surface area contributed by atoms with Gasteiger partial charge >= 0.3 is 12.2 Å². The largest absolute Gasteiger partial charge is 0.453 e. The molecule has 3 N–H and O–H groups in total. The van der Waals surface area contributed by atoms with Crippen molar-refractivity contribution in [3.63, 3.8) is 0 Å². The number of carbonyl (C=O) groups excluding carboxylic acids is 2. The first kappa shape index (κ1) is 28.5. The molecule has 11 heteroatoms. The van der Waals surface area contributed by atoms with Gasteiger partial charge in [0, 0.05) is 50.6 Å². The Morgan fingerprint density at radius 1 is 1.03 bits per heavy atom. The maximum Gasteiger partial charge on any atom is 0.439 e. The highest BCUT2D eigenvalue weighted by Crippen LogP contribution is 2.34. The van der Waals surface area contributed by atoms with E-state index in [-0.39, 0.29) is 41.9 Å². The van der Waals surface area contributed by atoms with Gasteiger partial charge in [-0.25, -0.2) is 4.79 Å². The predicted octanol–water partition coefficient (Wildman–Crippen LogP) is 4.33. The van der Waals surface area contributed by atoms with Gasteiger partial charge in [-0.15, -0.1) is 0 Å². The molecule has 3 fully saturated rings. The summed E-state index contributed by atoms with van der Waals surface area (Å²) in [5, 5.41) is 7.95. The molecule has 36 heavy (non-hydrogen) atoms. The van der Waals surface area contributed by atoms with Crippen LogP contribution in [0, 0.1) is 17.2 Å². The Kier molecular flexibility index (Phi) is 9.51. The number of piperazine rings is 1. The normalized spacial score (nSPS) is 29.0. The van der Waals surface area contributed by atoms with Gasteiger partial charge in [-0.1, -0.05) is 19.3 Å².